The van der Waals surface area contributed by atoms with Crippen LogP contribution in [0.4, 0.5) is 5.69 Å². The Hall–Kier alpha value is -3.68. The number of fused-ring (bicyclic) bond motifs is 1. The van der Waals surface area contributed by atoms with E-state index in [4.69, 9.17) is 10.5 Å². The molecule has 0 aliphatic carbocycles. The highest BCUT2D eigenvalue weighted by Crippen LogP contribution is 2.23. The van der Waals surface area contributed by atoms with E-state index in [1.54, 1.807) is 38.3 Å². The largest absolute Gasteiger partial charge is 0.497 e. The van der Waals surface area contributed by atoms with Crippen molar-refractivity contribution in [2.45, 2.75) is 13.8 Å². The molecule has 0 saturated heterocycles. The maximum absolute atomic E-state index is 12.6. The van der Waals surface area contributed by atoms with E-state index in [0.29, 0.717) is 28.4 Å². The second-order valence-electron chi connectivity index (χ2n) is 5.94. The zero-order valence-corrected chi connectivity index (χ0v) is 15.3. The second kappa shape index (κ2) is 7.69. The molecule has 0 radical (unpaired) electrons. The molecule has 3 aromatic rings. The number of aromatic nitrogens is 2. The summed E-state index contributed by atoms with van der Waals surface area (Å²) < 4.78 is 5.21. The Morgan fingerprint density at radius 2 is 1.89 bits per heavy atom. The molecule has 0 aliphatic rings. The minimum Gasteiger partial charge on any atom is -0.497 e. The number of carbonyl (C=O) groups is 1. The van der Waals surface area contributed by atoms with Crippen molar-refractivity contribution in [2.75, 3.05) is 12.4 Å². The SMILES string of the molecule is COc1ccc2[nH]nc(C(=O)Nc3ccc(/C(C)=N\N=C(C)N)cc3)c2c1. The summed E-state index contributed by atoms with van der Waals surface area (Å²) in [7, 11) is 1.58. The Morgan fingerprint density at radius 1 is 1.15 bits per heavy atom. The van der Waals surface area contributed by atoms with Gasteiger partial charge in [-0.15, -0.1) is 5.10 Å². The summed E-state index contributed by atoms with van der Waals surface area (Å²) in [4.78, 5) is 12.6. The first-order valence-electron chi connectivity index (χ1n) is 8.26. The van der Waals surface area contributed by atoms with Crippen LogP contribution in [-0.2, 0) is 0 Å². The molecule has 3 rings (SSSR count). The lowest BCUT2D eigenvalue weighted by atomic mass is 10.1. The Balaban J connectivity index is 1.79. The molecule has 1 amide bonds. The number of nitrogens with zero attached hydrogens (tertiary/aromatic N) is 3. The van der Waals surface area contributed by atoms with Crippen molar-refractivity contribution in [1.29, 1.82) is 0 Å². The number of amides is 1. The van der Waals surface area contributed by atoms with E-state index in [1.807, 2.05) is 25.1 Å². The van der Waals surface area contributed by atoms with Crippen molar-refractivity contribution in [3.05, 3.63) is 53.7 Å². The van der Waals surface area contributed by atoms with Gasteiger partial charge in [-0.05, 0) is 49.7 Å². The molecule has 2 aromatic carbocycles. The number of carbonyl (C=O) groups excluding carboxylic acids is 1. The van der Waals surface area contributed by atoms with E-state index in [0.717, 1.165) is 16.8 Å². The van der Waals surface area contributed by atoms with Crippen molar-refractivity contribution >= 4 is 34.0 Å². The molecule has 0 bridgehead atoms. The van der Waals surface area contributed by atoms with Gasteiger partial charge >= 0.3 is 0 Å². The number of hydrogen-bond acceptors (Lipinski definition) is 5. The van der Waals surface area contributed by atoms with Crippen LogP contribution in [0.3, 0.4) is 0 Å². The third kappa shape index (κ3) is 4.12. The molecular formula is C19H20N6O2. The van der Waals surface area contributed by atoms with Crippen LogP contribution in [0.5, 0.6) is 5.75 Å². The summed E-state index contributed by atoms with van der Waals surface area (Å²) in [6.07, 6.45) is 0. The standard InChI is InChI=1S/C19H20N6O2/c1-11(22-23-12(2)20)13-4-6-14(7-5-13)21-19(26)18-16-10-15(27-3)8-9-17(16)24-25-18/h4-10H,1-3H3,(H2,20,23)(H,21,26)(H,24,25)/b22-11-. The van der Waals surface area contributed by atoms with Crippen LogP contribution < -0.4 is 15.8 Å². The third-order valence-corrected chi connectivity index (χ3v) is 3.90. The number of aromatic amines is 1. The van der Waals surface area contributed by atoms with Gasteiger partial charge in [0.15, 0.2) is 5.69 Å². The number of ether oxygens (including phenoxy) is 1. The van der Waals surface area contributed by atoms with E-state index in [9.17, 15) is 4.79 Å². The molecule has 138 valence electrons. The number of benzene rings is 2. The first kappa shape index (κ1) is 18.1. The van der Waals surface area contributed by atoms with Crippen molar-refractivity contribution in [3.8, 4) is 5.75 Å². The Labute approximate surface area is 156 Å². The van der Waals surface area contributed by atoms with Gasteiger partial charge in [0.2, 0.25) is 0 Å². The number of nitrogens with one attached hydrogen (secondary N) is 2. The smallest absolute Gasteiger partial charge is 0.276 e. The monoisotopic (exact) mass is 364 g/mol. The Morgan fingerprint density at radius 3 is 2.56 bits per heavy atom. The zero-order chi connectivity index (χ0) is 19.4. The zero-order valence-electron chi connectivity index (χ0n) is 15.3. The summed E-state index contributed by atoms with van der Waals surface area (Å²) in [6.45, 7) is 3.51. The molecule has 0 saturated carbocycles. The normalized spacial score (nSPS) is 12.3. The summed E-state index contributed by atoms with van der Waals surface area (Å²) in [6, 6.07) is 12.7. The highest BCUT2D eigenvalue weighted by molar-refractivity contribution is 6.11. The summed E-state index contributed by atoms with van der Waals surface area (Å²) in [5.74, 6) is 0.740. The van der Waals surface area contributed by atoms with Crippen molar-refractivity contribution in [3.63, 3.8) is 0 Å². The molecule has 0 unspecified atom stereocenters. The van der Waals surface area contributed by atoms with Crippen molar-refractivity contribution in [1.82, 2.24) is 10.2 Å². The topological polar surface area (TPSA) is 118 Å². The summed E-state index contributed by atoms with van der Waals surface area (Å²) in [5, 5.41) is 18.4. The minimum atomic E-state index is -0.309. The van der Waals surface area contributed by atoms with Crippen LogP contribution in [0.25, 0.3) is 10.9 Å². The second-order valence-corrected chi connectivity index (χ2v) is 5.94. The number of hydrogen-bond donors (Lipinski definition) is 3. The molecule has 1 aromatic heterocycles. The highest BCUT2D eigenvalue weighted by atomic mass is 16.5. The Bertz CT molecular complexity index is 1030. The molecule has 0 fully saturated rings. The fourth-order valence-electron chi connectivity index (χ4n) is 2.49. The quantitative estimate of drug-likeness (QED) is 0.366. The van der Waals surface area contributed by atoms with Crippen LogP contribution in [0.1, 0.15) is 29.9 Å². The lowest BCUT2D eigenvalue weighted by Gasteiger charge is -2.05. The molecule has 27 heavy (non-hydrogen) atoms. The average Bonchev–Trinajstić information content (AvgIpc) is 3.09. The van der Waals surface area contributed by atoms with Gasteiger partial charge in [-0.25, -0.2) is 0 Å². The third-order valence-electron chi connectivity index (χ3n) is 3.90. The predicted molar refractivity (Wildman–Crippen MR) is 107 cm³/mol. The van der Waals surface area contributed by atoms with Gasteiger partial charge in [-0.1, -0.05) is 12.1 Å². The highest BCUT2D eigenvalue weighted by Gasteiger charge is 2.15. The fraction of sp³-hybridized carbons (Fsp3) is 0.158. The van der Waals surface area contributed by atoms with Crippen LogP contribution in [-0.4, -0.2) is 34.8 Å². The first-order valence-corrected chi connectivity index (χ1v) is 8.26. The van der Waals surface area contributed by atoms with E-state index in [1.165, 1.54) is 0 Å². The van der Waals surface area contributed by atoms with Crippen LogP contribution in [0.2, 0.25) is 0 Å². The number of rotatable bonds is 5. The van der Waals surface area contributed by atoms with Crippen LogP contribution in [0.15, 0.2) is 52.7 Å². The van der Waals surface area contributed by atoms with E-state index in [2.05, 4.69) is 25.7 Å². The van der Waals surface area contributed by atoms with E-state index in [-0.39, 0.29) is 5.91 Å². The first-order chi connectivity index (χ1) is 13.0. The lowest BCUT2D eigenvalue weighted by Crippen LogP contribution is -2.13. The number of H-pyrrole nitrogens is 1. The molecule has 0 spiro atoms. The molecule has 8 heteroatoms. The van der Waals surface area contributed by atoms with Crippen molar-refractivity contribution < 1.29 is 9.53 Å². The van der Waals surface area contributed by atoms with Crippen molar-refractivity contribution in [2.24, 2.45) is 15.9 Å². The number of nitrogens with two attached hydrogens (primary N) is 1. The molecule has 4 N–H and O–H groups in total. The molecular weight excluding hydrogens is 344 g/mol. The average molecular weight is 364 g/mol. The van der Waals surface area contributed by atoms with Crippen LogP contribution in [0, 0.1) is 0 Å². The minimum absolute atomic E-state index is 0.304. The van der Waals surface area contributed by atoms with Crippen LogP contribution >= 0.6 is 0 Å². The molecule has 0 aliphatic heterocycles. The van der Waals surface area contributed by atoms with Gasteiger partial charge < -0.3 is 15.8 Å². The number of amidine groups is 1. The number of methoxy groups -OCH3 is 1. The van der Waals surface area contributed by atoms with Gasteiger partial charge in [0.05, 0.1) is 18.3 Å². The summed E-state index contributed by atoms with van der Waals surface area (Å²) in [5.41, 5.74) is 8.80. The Kier molecular flexibility index (Phi) is 5.16. The molecule has 1 heterocycles. The van der Waals surface area contributed by atoms with Gasteiger partial charge in [-0.2, -0.15) is 10.2 Å². The fourth-order valence-corrected chi connectivity index (χ4v) is 2.49. The molecule has 8 nitrogen and oxygen atoms in total. The van der Waals surface area contributed by atoms with Gasteiger partial charge in [0.25, 0.3) is 5.91 Å². The molecule has 0 atom stereocenters. The van der Waals surface area contributed by atoms with Gasteiger partial charge in [-0.3, -0.25) is 9.89 Å². The maximum atomic E-state index is 12.6. The van der Waals surface area contributed by atoms with Gasteiger partial charge in [0, 0.05) is 11.1 Å². The summed E-state index contributed by atoms with van der Waals surface area (Å²) >= 11 is 0. The van der Waals surface area contributed by atoms with E-state index < -0.39 is 0 Å². The maximum Gasteiger partial charge on any atom is 0.276 e. The van der Waals surface area contributed by atoms with Gasteiger partial charge in [0.1, 0.15) is 11.6 Å². The van der Waals surface area contributed by atoms with E-state index >= 15 is 0 Å². The lowest BCUT2D eigenvalue weighted by molar-refractivity contribution is 0.102. The number of anilines is 1. The predicted octanol–water partition coefficient (Wildman–Crippen LogP) is 2.92.